The van der Waals surface area contributed by atoms with Crippen LogP contribution < -0.4 is 0 Å². The third-order valence-electron chi connectivity index (χ3n) is 1.10. The second-order valence-electron chi connectivity index (χ2n) is 2.38. The zero-order valence-electron chi connectivity index (χ0n) is 6.66. The van der Waals surface area contributed by atoms with Gasteiger partial charge in [0.05, 0.1) is 0 Å². The number of aromatic amines is 1. The van der Waals surface area contributed by atoms with E-state index in [1.165, 1.54) is 11.9 Å². The highest BCUT2D eigenvalue weighted by Crippen LogP contribution is 2.10. The molecule has 4 heteroatoms. The summed E-state index contributed by atoms with van der Waals surface area (Å²) in [4.78, 5) is 3.98. The fourth-order valence-corrected chi connectivity index (χ4v) is 1.36. The van der Waals surface area contributed by atoms with E-state index >= 15 is 0 Å². The summed E-state index contributed by atoms with van der Waals surface area (Å²) in [5.41, 5.74) is 1.33. The van der Waals surface area contributed by atoms with Gasteiger partial charge < -0.3 is 0 Å². The smallest absolute Gasteiger partial charge is 0.183 e. The first kappa shape index (κ1) is 8.33. The van der Waals surface area contributed by atoms with E-state index in [9.17, 15) is 0 Å². The summed E-state index contributed by atoms with van der Waals surface area (Å²) in [7, 11) is 0. The minimum absolute atomic E-state index is 0.877. The van der Waals surface area contributed by atoms with Gasteiger partial charge in [0.15, 0.2) is 5.16 Å². The molecule has 1 rings (SSSR count). The summed E-state index contributed by atoms with van der Waals surface area (Å²) in [6, 6.07) is 0. The number of aromatic nitrogens is 3. The Morgan fingerprint density at radius 3 is 3.09 bits per heavy atom. The summed E-state index contributed by atoms with van der Waals surface area (Å²) in [5.74, 6) is 0.956. The first-order chi connectivity index (χ1) is 5.29. The average molecular weight is 169 g/mol. The van der Waals surface area contributed by atoms with Gasteiger partial charge in [0.1, 0.15) is 6.33 Å². The Kier molecular flexibility index (Phi) is 3.16. The number of hydrogen-bond acceptors (Lipinski definition) is 3. The number of nitrogens with one attached hydrogen (secondary N) is 1. The molecule has 0 aliphatic carbocycles. The Labute approximate surface area is 70.3 Å². The maximum Gasteiger partial charge on any atom is 0.183 e. The molecule has 0 aliphatic heterocycles. The maximum atomic E-state index is 3.98. The molecule has 0 aromatic carbocycles. The van der Waals surface area contributed by atoms with Gasteiger partial charge in [-0.25, -0.2) is 4.98 Å². The number of nitrogens with zero attached hydrogens (tertiary/aromatic N) is 2. The Hall–Kier alpha value is -0.770. The molecule has 60 valence electrons. The predicted octanol–water partition coefficient (Wildman–Crippen LogP) is 1.86. The van der Waals surface area contributed by atoms with Gasteiger partial charge in [-0.15, -0.1) is 0 Å². The second-order valence-corrected chi connectivity index (χ2v) is 3.39. The average Bonchev–Trinajstić information content (AvgIpc) is 2.39. The standard InChI is InChI=1S/C7H11N3S/c1-6(2)3-4-11-7-8-5-9-10-7/h3,5H,4H2,1-2H3,(H,8,9,10). The molecule has 1 aromatic rings. The van der Waals surface area contributed by atoms with Crippen LogP contribution in [-0.2, 0) is 0 Å². The lowest BCUT2D eigenvalue weighted by Gasteiger charge is -1.90. The number of rotatable bonds is 3. The third kappa shape index (κ3) is 3.23. The van der Waals surface area contributed by atoms with Crippen LogP contribution in [0.1, 0.15) is 13.8 Å². The summed E-state index contributed by atoms with van der Waals surface area (Å²) >= 11 is 1.65. The van der Waals surface area contributed by atoms with Crippen molar-refractivity contribution in [3.63, 3.8) is 0 Å². The van der Waals surface area contributed by atoms with Crippen molar-refractivity contribution in [2.75, 3.05) is 5.75 Å². The molecule has 1 N–H and O–H groups in total. The van der Waals surface area contributed by atoms with Crippen molar-refractivity contribution in [3.05, 3.63) is 18.0 Å². The minimum atomic E-state index is 0.877. The van der Waals surface area contributed by atoms with Gasteiger partial charge >= 0.3 is 0 Å². The monoisotopic (exact) mass is 169 g/mol. The van der Waals surface area contributed by atoms with Crippen LogP contribution in [0.4, 0.5) is 0 Å². The van der Waals surface area contributed by atoms with E-state index in [2.05, 4.69) is 35.1 Å². The van der Waals surface area contributed by atoms with Gasteiger partial charge in [0.2, 0.25) is 0 Å². The zero-order chi connectivity index (χ0) is 8.10. The lowest BCUT2D eigenvalue weighted by molar-refractivity contribution is 0.975. The molecule has 1 aromatic heterocycles. The summed E-state index contributed by atoms with van der Waals surface area (Å²) in [5, 5.41) is 7.40. The molecule has 0 atom stereocenters. The molecule has 0 aliphatic rings. The van der Waals surface area contributed by atoms with Crippen molar-refractivity contribution >= 4 is 11.8 Å². The van der Waals surface area contributed by atoms with Crippen molar-refractivity contribution in [3.8, 4) is 0 Å². The Morgan fingerprint density at radius 1 is 1.73 bits per heavy atom. The predicted molar refractivity (Wildman–Crippen MR) is 46.5 cm³/mol. The van der Waals surface area contributed by atoms with E-state index in [1.54, 1.807) is 11.8 Å². The van der Waals surface area contributed by atoms with Crippen molar-refractivity contribution in [2.24, 2.45) is 0 Å². The summed E-state index contributed by atoms with van der Waals surface area (Å²) in [6.07, 6.45) is 3.68. The summed E-state index contributed by atoms with van der Waals surface area (Å²) in [6.45, 7) is 4.17. The van der Waals surface area contributed by atoms with E-state index in [0.29, 0.717) is 0 Å². The number of thioether (sulfide) groups is 1. The Morgan fingerprint density at radius 2 is 2.55 bits per heavy atom. The fourth-order valence-electron chi connectivity index (χ4n) is 0.551. The van der Waals surface area contributed by atoms with Gasteiger partial charge in [-0.1, -0.05) is 23.4 Å². The molecule has 0 bridgehead atoms. The third-order valence-corrected chi connectivity index (χ3v) is 1.91. The molecule has 1 heterocycles. The maximum absolute atomic E-state index is 3.98. The highest BCUT2D eigenvalue weighted by Gasteiger charge is 1.92. The first-order valence-electron chi connectivity index (χ1n) is 3.40. The minimum Gasteiger partial charge on any atom is -0.254 e. The highest BCUT2D eigenvalue weighted by molar-refractivity contribution is 7.99. The van der Waals surface area contributed by atoms with Gasteiger partial charge in [-0.05, 0) is 13.8 Å². The topological polar surface area (TPSA) is 41.6 Å². The van der Waals surface area contributed by atoms with E-state index in [1.807, 2.05) is 0 Å². The fraction of sp³-hybridized carbons (Fsp3) is 0.429. The molecule has 0 spiro atoms. The van der Waals surface area contributed by atoms with Crippen LogP contribution in [-0.4, -0.2) is 20.9 Å². The molecule has 0 unspecified atom stereocenters. The number of allylic oxidation sites excluding steroid dienone is 1. The van der Waals surface area contributed by atoms with Crippen molar-refractivity contribution in [1.82, 2.24) is 15.2 Å². The molecule has 11 heavy (non-hydrogen) atoms. The van der Waals surface area contributed by atoms with E-state index in [0.717, 1.165) is 10.9 Å². The SMILES string of the molecule is CC(C)=CCSc1ncn[nH]1. The highest BCUT2D eigenvalue weighted by atomic mass is 32.2. The Balaban J connectivity index is 2.30. The lowest BCUT2D eigenvalue weighted by Crippen LogP contribution is -1.77. The lowest BCUT2D eigenvalue weighted by atomic mass is 10.3. The van der Waals surface area contributed by atoms with Crippen LogP contribution >= 0.6 is 11.8 Å². The van der Waals surface area contributed by atoms with Gasteiger partial charge in [-0.2, -0.15) is 5.10 Å². The second kappa shape index (κ2) is 4.18. The van der Waals surface area contributed by atoms with E-state index < -0.39 is 0 Å². The van der Waals surface area contributed by atoms with Gasteiger partial charge in [0.25, 0.3) is 0 Å². The van der Waals surface area contributed by atoms with Crippen LogP contribution in [0.25, 0.3) is 0 Å². The largest absolute Gasteiger partial charge is 0.254 e. The molecular formula is C7H11N3S. The van der Waals surface area contributed by atoms with Gasteiger partial charge in [-0.3, -0.25) is 5.10 Å². The van der Waals surface area contributed by atoms with Crippen LogP contribution in [0.3, 0.4) is 0 Å². The first-order valence-corrected chi connectivity index (χ1v) is 4.39. The molecule has 0 saturated heterocycles. The molecule has 0 saturated carbocycles. The molecule has 3 nitrogen and oxygen atoms in total. The van der Waals surface area contributed by atoms with Crippen molar-refractivity contribution in [1.29, 1.82) is 0 Å². The summed E-state index contributed by atoms with van der Waals surface area (Å²) < 4.78 is 0. The normalized spacial score (nSPS) is 9.64. The molecular weight excluding hydrogens is 158 g/mol. The van der Waals surface area contributed by atoms with Crippen molar-refractivity contribution in [2.45, 2.75) is 19.0 Å². The van der Waals surface area contributed by atoms with Crippen LogP contribution in [0.5, 0.6) is 0 Å². The van der Waals surface area contributed by atoms with E-state index in [-0.39, 0.29) is 0 Å². The van der Waals surface area contributed by atoms with Crippen molar-refractivity contribution < 1.29 is 0 Å². The zero-order valence-corrected chi connectivity index (χ0v) is 7.48. The quantitative estimate of drug-likeness (QED) is 0.554. The van der Waals surface area contributed by atoms with E-state index in [4.69, 9.17) is 0 Å². The molecule has 0 fully saturated rings. The van der Waals surface area contributed by atoms with Gasteiger partial charge in [0, 0.05) is 5.75 Å². The van der Waals surface area contributed by atoms with Crippen LogP contribution in [0.2, 0.25) is 0 Å². The Bertz CT molecular complexity index is 224. The number of hydrogen-bond donors (Lipinski definition) is 1. The molecule has 0 radical (unpaired) electrons. The van der Waals surface area contributed by atoms with Crippen LogP contribution in [0.15, 0.2) is 23.1 Å². The molecule has 0 amide bonds. The number of H-pyrrole nitrogens is 1. The van der Waals surface area contributed by atoms with Crippen LogP contribution in [0, 0.1) is 0 Å².